The molecule has 5 rings (SSSR count). The zero-order chi connectivity index (χ0) is 34.1. The molecule has 0 saturated heterocycles. The highest BCUT2D eigenvalue weighted by Gasteiger charge is 2.35. The fourth-order valence-electron chi connectivity index (χ4n) is 6.06. The summed E-state index contributed by atoms with van der Waals surface area (Å²) in [4.78, 5) is 30.4. The highest BCUT2D eigenvalue weighted by molar-refractivity contribution is 7.92. The molecule has 0 heterocycles. The molecule has 1 saturated carbocycles. The summed E-state index contributed by atoms with van der Waals surface area (Å²) in [6.07, 6.45) is 5.25. The fourth-order valence-corrected chi connectivity index (χ4v) is 7.71. The Morgan fingerprint density at radius 2 is 1.50 bits per heavy atom. The average Bonchev–Trinajstić information content (AvgIpc) is 3.10. The highest BCUT2D eigenvalue weighted by atomic mass is 35.5. The molecule has 0 aromatic heterocycles. The number of methoxy groups -OCH3 is 1. The van der Waals surface area contributed by atoms with Crippen molar-refractivity contribution in [2.24, 2.45) is 0 Å². The molecule has 8 nitrogen and oxygen atoms in total. The largest absolute Gasteiger partial charge is 0.495 e. The van der Waals surface area contributed by atoms with E-state index in [-0.39, 0.29) is 40.5 Å². The van der Waals surface area contributed by atoms with E-state index in [0.29, 0.717) is 5.75 Å². The molecule has 252 valence electrons. The Hall–Kier alpha value is -4.34. The lowest BCUT2D eigenvalue weighted by Gasteiger charge is -2.35. The van der Waals surface area contributed by atoms with Gasteiger partial charge in [0.05, 0.1) is 22.7 Å². The summed E-state index contributed by atoms with van der Waals surface area (Å²) < 4.78 is 34.9. The van der Waals surface area contributed by atoms with Crippen LogP contribution in [0, 0.1) is 6.92 Å². The number of aryl methyl sites for hydroxylation is 1. The Bertz CT molecular complexity index is 1780. The lowest BCUT2D eigenvalue weighted by atomic mass is 9.94. The monoisotopic (exact) mass is 687 g/mol. The molecule has 0 spiro atoms. The van der Waals surface area contributed by atoms with E-state index in [4.69, 9.17) is 16.3 Å². The van der Waals surface area contributed by atoms with Crippen molar-refractivity contribution >= 4 is 39.1 Å². The number of anilines is 1. The number of nitrogens with one attached hydrogen (secondary N) is 1. The number of amides is 2. The molecule has 48 heavy (non-hydrogen) atoms. The van der Waals surface area contributed by atoms with Gasteiger partial charge in [-0.25, -0.2) is 8.42 Å². The fraction of sp³-hybridized carbons (Fsp3) is 0.316. The molecule has 2 amide bonds. The normalized spacial score (nSPS) is 14.1. The van der Waals surface area contributed by atoms with Crippen LogP contribution in [0.2, 0.25) is 5.02 Å². The number of hydrogen-bond acceptors (Lipinski definition) is 5. The summed E-state index contributed by atoms with van der Waals surface area (Å²) >= 11 is 6.48. The average molecular weight is 688 g/mol. The van der Waals surface area contributed by atoms with Crippen molar-refractivity contribution in [3.63, 3.8) is 0 Å². The van der Waals surface area contributed by atoms with E-state index < -0.39 is 28.5 Å². The maximum Gasteiger partial charge on any atom is 0.264 e. The lowest BCUT2D eigenvalue weighted by Crippen LogP contribution is -2.55. The molecule has 1 fully saturated rings. The number of nitrogens with zero attached hydrogens (tertiary/aromatic N) is 2. The van der Waals surface area contributed by atoms with Crippen molar-refractivity contribution < 1.29 is 22.7 Å². The van der Waals surface area contributed by atoms with E-state index in [9.17, 15) is 18.0 Å². The Kier molecular flexibility index (Phi) is 11.8. The minimum atomic E-state index is -4.25. The van der Waals surface area contributed by atoms with Gasteiger partial charge in [0.25, 0.3) is 10.0 Å². The topological polar surface area (TPSA) is 96.0 Å². The van der Waals surface area contributed by atoms with Crippen LogP contribution in [-0.4, -0.2) is 50.9 Å². The second kappa shape index (κ2) is 16.2. The summed E-state index contributed by atoms with van der Waals surface area (Å²) in [5, 5.41) is 3.43. The maximum absolute atomic E-state index is 14.7. The molecule has 1 aliphatic carbocycles. The SMILES string of the molecule is COc1ccc(N(CC(=O)N(Cc2ccccc2)C(Cc2ccccc2)C(=O)NC2CCCCC2)S(=O)(=O)c2ccc(C)cc2)cc1Cl. The van der Waals surface area contributed by atoms with Crippen molar-refractivity contribution in [2.45, 2.75) is 69.0 Å². The standard InChI is InChI=1S/C38H42ClN3O5S/c1-28-18-21-33(22-19-28)48(45,46)42(32-20-23-36(47-2)34(39)25-32)27-37(43)41(26-30-14-8-4-9-15-30)35(24-29-12-6-3-7-13-29)38(44)40-31-16-10-5-11-17-31/h3-4,6-9,12-15,18-23,25,31,35H,5,10-11,16-17,24,26-27H2,1-2H3,(H,40,44). The molecular formula is C38H42ClN3O5S. The molecule has 4 aromatic rings. The predicted molar refractivity (Wildman–Crippen MR) is 190 cm³/mol. The van der Waals surface area contributed by atoms with Crippen molar-refractivity contribution in [3.05, 3.63) is 125 Å². The maximum atomic E-state index is 14.7. The van der Waals surface area contributed by atoms with Crippen LogP contribution in [0.15, 0.2) is 108 Å². The van der Waals surface area contributed by atoms with Crippen LogP contribution in [0.5, 0.6) is 5.75 Å². The van der Waals surface area contributed by atoms with E-state index >= 15 is 0 Å². The van der Waals surface area contributed by atoms with Crippen LogP contribution >= 0.6 is 11.6 Å². The van der Waals surface area contributed by atoms with E-state index in [1.165, 1.54) is 30.2 Å². The number of rotatable bonds is 13. The number of sulfonamides is 1. The number of ether oxygens (including phenoxy) is 1. The van der Waals surface area contributed by atoms with Crippen LogP contribution in [0.25, 0.3) is 0 Å². The third-order valence-electron chi connectivity index (χ3n) is 8.73. The first-order valence-corrected chi connectivity index (χ1v) is 18.1. The Labute approximate surface area is 288 Å². The minimum Gasteiger partial charge on any atom is -0.495 e. The number of halogens is 1. The van der Waals surface area contributed by atoms with Gasteiger partial charge in [-0.15, -0.1) is 0 Å². The summed E-state index contributed by atoms with van der Waals surface area (Å²) in [5.74, 6) is -0.413. The molecular weight excluding hydrogens is 646 g/mol. The second-order valence-electron chi connectivity index (χ2n) is 12.2. The van der Waals surface area contributed by atoms with E-state index in [0.717, 1.165) is 53.1 Å². The van der Waals surface area contributed by atoms with Gasteiger partial charge in [0.1, 0.15) is 18.3 Å². The molecule has 0 radical (unpaired) electrons. The van der Waals surface area contributed by atoms with Gasteiger partial charge in [0, 0.05) is 19.0 Å². The Morgan fingerprint density at radius 3 is 2.10 bits per heavy atom. The van der Waals surface area contributed by atoms with Gasteiger partial charge in [0.2, 0.25) is 11.8 Å². The van der Waals surface area contributed by atoms with Crippen LogP contribution in [0.3, 0.4) is 0 Å². The molecule has 4 aromatic carbocycles. The van der Waals surface area contributed by atoms with Crippen molar-refractivity contribution in [1.82, 2.24) is 10.2 Å². The molecule has 1 aliphatic rings. The van der Waals surface area contributed by atoms with Crippen molar-refractivity contribution in [3.8, 4) is 5.75 Å². The summed E-state index contributed by atoms with van der Waals surface area (Å²) in [6, 6.07) is 29.2. The zero-order valence-corrected chi connectivity index (χ0v) is 28.9. The van der Waals surface area contributed by atoms with E-state index in [1.54, 1.807) is 24.3 Å². The molecule has 1 N–H and O–H groups in total. The summed E-state index contributed by atoms with van der Waals surface area (Å²) in [6.45, 7) is 1.42. The predicted octanol–water partition coefficient (Wildman–Crippen LogP) is 6.94. The quantitative estimate of drug-likeness (QED) is 0.164. The van der Waals surface area contributed by atoms with E-state index in [1.807, 2.05) is 67.6 Å². The van der Waals surface area contributed by atoms with Gasteiger partial charge < -0.3 is 15.0 Å². The van der Waals surface area contributed by atoms with Gasteiger partial charge >= 0.3 is 0 Å². The Morgan fingerprint density at radius 1 is 0.875 bits per heavy atom. The van der Waals surface area contributed by atoms with Crippen LogP contribution < -0.4 is 14.4 Å². The van der Waals surface area contributed by atoms with Crippen LogP contribution in [-0.2, 0) is 32.6 Å². The summed E-state index contributed by atoms with van der Waals surface area (Å²) in [5.41, 5.74) is 2.79. The third-order valence-corrected chi connectivity index (χ3v) is 10.8. The van der Waals surface area contributed by atoms with E-state index in [2.05, 4.69) is 5.32 Å². The number of carbonyl (C=O) groups is 2. The number of carbonyl (C=O) groups excluding carboxylic acids is 2. The number of hydrogen-bond donors (Lipinski definition) is 1. The number of benzene rings is 4. The van der Waals surface area contributed by atoms with Gasteiger partial charge in [-0.3, -0.25) is 13.9 Å². The van der Waals surface area contributed by atoms with Crippen LogP contribution in [0.1, 0.15) is 48.8 Å². The lowest BCUT2D eigenvalue weighted by molar-refractivity contribution is -0.140. The zero-order valence-electron chi connectivity index (χ0n) is 27.3. The first-order chi connectivity index (χ1) is 23.2. The van der Waals surface area contributed by atoms with Gasteiger partial charge in [-0.05, 0) is 61.2 Å². The summed E-state index contributed by atoms with van der Waals surface area (Å²) in [7, 11) is -2.78. The van der Waals surface area contributed by atoms with Crippen LogP contribution in [0.4, 0.5) is 5.69 Å². The Balaban J connectivity index is 1.57. The molecule has 1 atom stereocenters. The third kappa shape index (κ3) is 8.76. The second-order valence-corrected chi connectivity index (χ2v) is 14.5. The van der Waals surface area contributed by atoms with Gasteiger partial charge in [-0.2, -0.15) is 0 Å². The molecule has 1 unspecified atom stereocenters. The molecule has 0 bridgehead atoms. The molecule has 0 aliphatic heterocycles. The van der Waals surface area contributed by atoms with Gasteiger partial charge in [-0.1, -0.05) is 109 Å². The van der Waals surface area contributed by atoms with Gasteiger partial charge in [0.15, 0.2) is 0 Å². The smallest absolute Gasteiger partial charge is 0.264 e. The first-order valence-electron chi connectivity index (χ1n) is 16.3. The van der Waals surface area contributed by atoms with Crippen molar-refractivity contribution in [2.75, 3.05) is 18.0 Å². The molecule has 10 heteroatoms. The highest BCUT2D eigenvalue weighted by Crippen LogP contribution is 2.32. The minimum absolute atomic E-state index is 0.0260. The first kappa shape index (κ1) is 35.0. The van der Waals surface area contributed by atoms with Crippen molar-refractivity contribution in [1.29, 1.82) is 0 Å².